The number of rotatable bonds is 3. The van der Waals surface area contributed by atoms with Crippen LogP contribution in [0.1, 0.15) is 20.3 Å². The Bertz CT molecular complexity index is 220. The summed E-state index contributed by atoms with van der Waals surface area (Å²) in [5.41, 5.74) is 4.61. The quantitative estimate of drug-likeness (QED) is 0.687. The molecule has 1 unspecified atom stereocenters. The molecule has 0 radical (unpaired) electrons. The molecule has 13 heavy (non-hydrogen) atoms. The zero-order chi connectivity index (χ0) is 10.6. The highest BCUT2D eigenvalue weighted by molar-refractivity contribution is 5.80. The van der Waals surface area contributed by atoms with Crippen LogP contribution in [0.25, 0.3) is 0 Å². The van der Waals surface area contributed by atoms with Crippen molar-refractivity contribution in [1.29, 1.82) is 0 Å². The zero-order valence-electron chi connectivity index (χ0n) is 7.48. The van der Waals surface area contributed by atoms with Crippen LogP contribution in [-0.2, 0) is 4.79 Å². The maximum Gasteiger partial charge on any atom is 0.404 e. The van der Waals surface area contributed by atoms with Crippen molar-refractivity contribution in [3.05, 3.63) is 11.6 Å². The highest BCUT2D eigenvalue weighted by atomic mass is 19.4. The van der Waals surface area contributed by atoms with Crippen LogP contribution < -0.4 is 5.73 Å². The van der Waals surface area contributed by atoms with E-state index in [9.17, 15) is 18.0 Å². The lowest BCUT2D eigenvalue weighted by Crippen LogP contribution is -2.36. The fraction of sp³-hybridized carbons (Fsp3) is 0.625. The summed E-state index contributed by atoms with van der Waals surface area (Å²) < 4.78 is 36.6. The molecule has 0 saturated heterocycles. The molecular formula is C8H12F3NO. The van der Waals surface area contributed by atoms with Gasteiger partial charge < -0.3 is 5.73 Å². The van der Waals surface area contributed by atoms with Crippen LogP contribution in [0.2, 0.25) is 0 Å². The largest absolute Gasteiger partial charge is 0.404 e. The summed E-state index contributed by atoms with van der Waals surface area (Å²) in [4.78, 5) is 10.5. The Morgan fingerprint density at radius 2 is 2.00 bits per heavy atom. The second kappa shape index (κ2) is 4.30. The fourth-order valence-electron chi connectivity index (χ4n) is 1.08. The van der Waals surface area contributed by atoms with E-state index in [4.69, 9.17) is 0 Å². The van der Waals surface area contributed by atoms with Crippen LogP contribution >= 0.6 is 0 Å². The second-order valence-electron chi connectivity index (χ2n) is 2.73. The molecule has 0 heterocycles. The van der Waals surface area contributed by atoms with Gasteiger partial charge in [-0.05, 0) is 13.3 Å². The smallest absolute Gasteiger partial charge is 0.369 e. The van der Waals surface area contributed by atoms with Gasteiger partial charge in [0, 0.05) is 0 Å². The van der Waals surface area contributed by atoms with Crippen LogP contribution in [0.4, 0.5) is 13.2 Å². The van der Waals surface area contributed by atoms with Crippen molar-refractivity contribution in [2.45, 2.75) is 26.4 Å². The minimum atomic E-state index is -4.58. The van der Waals surface area contributed by atoms with Gasteiger partial charge in [0.2, 0.25) is 5.91 Å². The third-order valence-electron chi connectivity index (χ3n) is 1.59. The summed E-state index contributed by atoms with van der Waals surface area (Å²) in [5.74, 6) is -3.50. The molecule has 0 rings (SSSR count). The van der Waals surface area contributed by atoms with Crippen molar-refractivity contribution in [1.82, 2.24) is 0 Å². The molecule has 0 aromatic heterocycles. The summed E-state index contributed by atoms with van der Waals surface area (Å²) in [6, 6.07) is 0. The van der Waals surface area contributed by atoms with Crippen LogP contribution in [0, 0.1) is 5.92 Å². The molecule has 5 heteroatoms. The van der Waals surface area contributed by atoms with Crippen molar-refractivity contribution in [2.75, 3.05) is 0 Å². The van der Waals surface area contributed by atoms with Crippen molar-refractivity contribution in [3.8, 4) is 0 Å². The Balaban J connectivity index is 4.83. The van der Waals surface area contributed by atoms with Crippen LogP contribution in [0.3, 0.4) is 0 Å². The number of alkyl halides is 3. The third-order valence-corrected chi connectivity index (χ3v) is 1.59. The molecule has 0 bridgehead atoms. The number of hydrogen-bond acceptors (Lipinski definition) is 1. The standard InChI is InChI=1S/C8H12F3NO/c1-3-4-5(2)6(7(12)13)8(9,10)11/h4,6H,3H2,1-2H3,(H2,12,13)/b5-4+. The first kappa shape index (κ1) is 12.0. The average Bonchev–Trinajstić information content (AvgIpc) is 1.82. The van der Waals surface area contributed by atoms with Gasteiger partial charge in [-0.15, -0.1) is 0 Å². The Kier molecular flexibility index (Phi) is 3.97. The molecule has 0 saturated carbocycles. The molecule has 0 spiro atoms. The van der Waals surface area contributed by atoms with Crippen molar-refractivity contribution >= 4 is 5.91 Å². The molecular weight excluding hydrogens is 183 g/mol. The highest BCUT2D eigenvalue weighted by Crippen LogP contribution is 2.31. The minimum Gasteiger partial charge on any atom is -0.369 e. The lowest BCUT2D eigenvalue weighted by molar-refractivity contribution is -0.172. The Labute approximate surface area is 74.6 Å². The van der Waals surface area contributed by atoms with E-state index in [1.807, 2.05) is 0 Å². The van der Waals surface area contributed by atoms with Gasteiger partial charge in [-0.1, -0.05) is 18.6 Å². The minimum absolute atomic E-state index is 0.0394. The summed E-state index contributed by atoms with van der Waals surface area (Å²) >= 11 is 0. The predicted octanol–water partition coefficient (Wildman–Crippen LogP) is 2.01. The van der Waals surface area contributed by atoms with Gasteiger partial charge in [0.25, 0.3) is 0 Å². The predicted molar refractivity (Wildman–Crippen MR) is 42.8 cm³/mol. The monoisotopic (exact) mass is 195 g/mol. The number of amides is 1. The van der Waals surface area contributed by atoms with Gasteiger partial charge in [-0.2, -0.15) is 13.2 Å². The molecule has 1 atom stereocenters. The molecule has 0 aliphatic rings. The number of halogens is 3. The van der Waals surface area contributed by atoms with E-state index in [0.29, 0.717) is 6.42 Å². The van der Waals surface area contributed by atoms with E-state index in [0.717, 1.165) is 0 Å². The lowest BCUT2D eigenvalue weighted by atomic mass is 9.98. The number of primary amides is 1. The van der Waals surface area contributed by atoms with Crippen LogP contribution in [0.15, 0.2) is 11.6 Å². The second-order valence-corrected chi connectivity index (χ2v) is 2.73. The number of hydrogen-bond donors (Lipinski definition) is 1. The normalized spacial score (nSPS) is 15.6. The number of allylic oxidation sites excluding steroid dienone is 1. The summed E-state index contributed by atoms with van der Waals surface area (Å²) in [6.45, 7) is 2.95. The van der Waals surface area contributed by atoms with Gasteiger partial charge in [-0.3, -0.25) is 4.79 Å². The average molecular weight is 195 g/mol. The van der Waals surface area contributed by atoms with Gasteiger partial charge >= 0.3 is 6.18 Å². The first-order valence-corrected chi connectivity index (χ1v) is 3.83. The maximum atomic E-state index is 12.2. The van der Waals surface area contributed by atoms with Gasteiger partial charge in [-0.25, -0.2) is 0 Å². The van der Waals surface area contributed by atoms with Gasteiger partial charge in [0.15, 0.2) is 5.92 Å². The number of carbonyl (C=O) groups is 1. The maximum absolute atomic E-state index is 12.2. The highest BCUT2D eigenvalue weighted by Gasteiger charge is 2.44. The molecule has 0 aromatic rings. The fourth-order valence-corrected chi connectivity index (χ4v) is 1.08. The van der Waals surface area contributed by atoms with E-state index in [1.54, 1.807) is 6.92 Å². The SMILES string of the molecule is CC/C=C(\C)C(C(N)=O)C(F)(F)F. The Hall–Kier alpha value is -1.00. The molecule has 1 amide bonds. The number of carbonyl (C=O) groups excluding carboxylic acids is 1. The topological polar surface area (TPSA) is 43.1 Å². The molecule has 76 valence electrons. The molecule has 0 aliphatic carbocycles. The molecule has 0 aliphatic heterocycles. The third kappa shape index (κ3) is 3.48. The van der Waals surface area contributed by atoms with E-state index in [-0.39, 0.29) is 5.57 Å². The Morgan fingerprint density at radius 3 is 2.23 bits per heavy atom. The zero-order valence-corrected chi connectivity index (χ0v) is 7.48. The molecule has 0 aromatic carbocycles. The van der Waals surface area contributed by atoms with E-state index in [2.05, 4.69) is 5.73 Å². The summed E-state index contributed by atoms with van der Waals surface area (Å²) in [5, 5.41) is 0. The van der Waals surface area contributed by atoms with Crippen molar-refractivity contribution in [2.24, 2.45) is 11.7 Å². The van der Waals surface area contributed by atoms with Crippen molar-refractivity contribution < 1.29 is 18.0 Å². The van der Waals surface area contributed by atoms with E-state index in [1.165, 1.54) is 13.0 Å². The number of nitrogens with two attached hydrogens (primary N) is 1. The van der Waals surface area contributed by atoms with Gasteiger partial charge in [0.1, 0.15) is 0 Å². The first-order valence-electron chi connectivity index (χ1n) is 3.83. The van der Waals surface area contributed by atoms with Crippen LogP contribution in [-0.4, -0.2) is 12.1 Å². The first-order chi connectivity index (χ1) is 5.80. The van der Waals surface area contributed by atoms with E-state index < -0.39 is 18.0 Å². The van der Waals surface area contributed by atoms with Crippen LogP contribution in [0.5, 0.6) is 0 Å². The molecule has 0 fully saturated rings. The van der Waals surface area contributed by atoms with E-state index >= 15 is 0 Å². The molecule has 2 nitrogen and oxygen atoms in total. The molecule has 2 N–H and O–H groups in total. The summed E-state index contributed by atoms with van der Waals surface area (Å²) in [7, 11) is 0. The Morgan fingerprint density at radius 1 is 1.54 bits per heavy atom. The lowest BCUT2D eigenvalue weighted by Gasteiger charge is -2.17. The summed E-state index contributed by atoms with van der Waals surface area (Å²) in [6.07, 6.45) is -2.78. The van der Waals surface area contributed by atoms with Gasteiger partial charge in [0.05, 0.1) is 0 Å². The van der Waals surface area contributed by atoms with Crippen molar-refractivity contribution in [3.63, 3.8) is 0 Å².